The molecule has 0 saturated carbocycles. The number of carbonyl (C=O) groups is 1. The molecule has 13 heavy (non-hydrogen) atoms. The topological polar surface area (TPSA) is 65.2 Å². The number of halogens is 3. The van der Waals surface area contributed by atoms with Gasteiger partial charge in [0.1, 0.15) is 0 Å². The highest BCUT2D eigenvalue weighted by Gasteiger charge is 2.34. The number of nitrogens with two attached hydrogens (primary N) is 1. The van der Waals surface area contributed by atoms with Crippen molar-refractivity contribution >= 4 is 17.6 Å². The molecule has 1 rings (SSSR count). The first kappa shape index (κ1) is 9.78. The predicted octanol–water partition coefficient (Wildman–Crippen LogP) is 1.62. The lowest BCUT2D eigenvalue weighted by Gasteiger charge is -1.98. The minimum Gasteiger partial charge on any atom is -0.398 e. The Morgan fingerprint density at radius 3 is 2.62 bits per heavy atom. The first-order chi connectivity index (χ1) is 5.89. The second-order valence-corrected chi connectivity index (χ2v) is 2.72. The summed E-state index contributed by atoms with van der Waals surface area (Å²) in [4.78, 5) is 10.1. The van der Waals surface area contributed by atoms with E-state index in [9.17, 15) is 18.0 Å². The Bertz CT molecular complexity index is 322. The highest BCUT2D eigenvalue weighted by Crippen LogP contribution is 2.32. The number of alkyl halides is 3. The van der Waals surface area contributed by atoms with Crippen LogP contribution in [0, 0.1) is 0 Å². The van der Waals surface area contributed by atoms with E-state index in [1.165, 1.54) is 0 Å². The molecule has 0 spiro atoms. The maximum atomic E-state index is 11.9. The Balaban J connectivity index is 2.81. The minimum atomic E-state index is -4.53. The molecule has 0 aliphatic rings. The van der Waals surface area contributed by atoms with E-state index in [1.54, 1.807) is 0 Å². The Labute approximate surface area is 74.3 Å². The summed E-state index contributed by atoms with van der Waals surface area (Å²) in [6.07, 6.45) is -5.70. The third-order valence-electron chi connectivity index (χ3n) is 0.980. The van der Waals surface area contributed by atoms with E-state index in [-0.39, 0.29) is 5.06 Å². The van der Waals surface area contributed by atoms with Crippen LogP contribution in [0.2, 0.25) is 0 Å². The van der Waals surface area contributed by atoms with Crippen molar-refractivity contribution < 1.29 is 22.7 Å². The number of primary amides is 1. The van der Waals surface area contributed by atoms with Crippen LogP contribution in [0.3, 0.4) is 0 Å². The van der Waals surface area contributed by atoms with Crippen LogP contribution in [0.1, 0.15) is 5.69 Å². The van der Waals surface area contributed by atoms with Gasteiger partial charge in [0.15, 0.2) is 5.69 Å². The number of rotatable bonds is 1. The van der Waals surface area contributed by atoms with Crippen molar-refractivity contribution in [3.8, 4) is 5.06 Å². The van der Waals surface area contributed by atoms with Crippen molar-refractivity contribution in [3.05, 3.63) is 11.8 Å². The monoisotopic (exact) mass is 212 g/mol. The van der Waals surface area contributed by atoms with Crippen molar-refractivity contribution in [2.75, 3.05) is 0 Å². The number of hydrogen-bond donors (Lipinski definition) is 1. The quantitative estimate of drug-likeness (QED) is 0.769. The lowest BCUT2D eigenvalue weighted by molar-refractivity contribution is -0.140. The van der Waals surface area contributed by atoms with Crippen LogP contribution in [0.25, 0.3) is 0 Å². The molecule has 72 valence electrons. The van der Waals surface area contributed by atoms with Gasteiger partial charge in [0, 0.05) is 17.6 Å². The maximum absolute atomic E-state index is 11.9. The van der Waals surface area contributed by atoms with Gasteiger partial charge in [-0.1, -0.05) is 0 Å². The van der Waals surface area contributed by atoms with Crippen LogP contribution >= 0.6 is 11.5 Å². The highest BCUT2D eigenvalue weighted by atomic mass is 32.1. The molecule has 1 aromatic heterocycles. The van der Waals surface area contributed by atoms with E-state index < -0.39 is 18.0 Å². The first-order valence-corrected chi connectivity index (χ1v) is 3.68. The molecule has 0 unspecified atom stereocenters. The van der Waals surface area contributed by atoms with Crippen molar-refractivity contribution in [1.82, 2.24) is 4.37 Å². The zero-order valence-electron chi connectivity index (χ0n) is 5.96. The molecule has 1 heterocycles. The molecule has 0 fully saturated rings. The van der Waals surface area contributed by atoms with Gasteiger partial charge in [-0.15, -0.1) is 0 Å². The molecule has 0 atom stereocenters. The average molecular weight is 212 g/mol. The van der Waals surface area contributed by atoms with Crippen molar-refractivity contribution in [2.24, 2.45) is 5.73 Å². The van der Waals surface area contributed by atoms with Gasteiger partial charge in [0.2, 0.25) is 5.06 Å². The van der Waals surface area contributed by atoms with Gasteiger partial charge in [-0.2, -0.15) is 17.5 Å². The summed E-state index contributed by atoms with van der Waals surface area (Å²) in [5.41, 5.74) is 3.48. The SMILES string of the molecule is NC(=O)Oc1cc(C(F)(F)F)ns1. The average Bonchev–Trinajstić information content (AvgIpc) is 2.32. The lowest BCUT2D eigenvalue weighted by Crippen LogP contribution is -2.15. The van der Waals surface area contributed by atoms with E-state index >= 15 is 0 Å². The van der Waals surface area contributed by atoms with Crippen molar-refractivity contribution in [2.45, 2.75) is 6.18 Å². The number of aromatic nitrogens is 1. The second kappa shape index (κ2) is 3.21. The molecule has 8 heteroatoms. The summed E-state index contributed by atoms with van der Waals surface area (Å²) < 4.78 is 42.9. The van der Waals surface area contributed by atoms with Crippen LogP contribution in [0.5, 0.6) is 5.06 Å². The molecule has 0 aromatic carbocycles. The second-order valence-electron chi connectivity index (χ2n) is 1.95. The van der Waals surface area contributed by atoms with E-state index in [0.717, 1.165) is 0 Å². The number of nitrogens with zero attached hydrogens (tertiary/aromatic N) is 1. The molecule has 0 bridgehead atoms. The standard InChI is InChI=1S/C5H3F3N2O2S/c6-5(7,8)2-1-3(13-10-2)12-4(9)11/h1H,(H2,9,11). The summed E-state index contributed by atoms with van der Waals surface area (Å²) >= 11 is 0.412. The van der Waals surface area contributed by atoms with Crippen LogP contribution in [-0.2, 0) is 6.18 Å². The van der Waals surface area contributed by atoms with Gasteiger partial charge >= 0.3 is 12.3 Å². The van der Waals surface area contributed by atoms with Crippen molar-refractivity contribution in [1.29, 1.82) is 0 Å². The molecule has 0 radical (unpaired) electrons. The van der Waals surface area contributed by atoms with Crippen LogP contribution in [0.4, 0.5) is 18.0 Å². The number of carbonyl (C=O) groups excluding carboxylic acids is 1. The Morgan fingerprint density at radius 1 is 1.62 bits per heavy atom. The van der Waals surface area contributed by atoms with Gasteiger partial charge in [0.05, 0.1) is 0 Å². The zero-order chi connectivity index (χ0) is 10.1. The normalized spacial score (nSPS) is 11.3. The van der Waals surface area contributed by atoms with Crippen LogP contribution < -0.4 is 10.5 Å². The number of ether oxygens (including phenoxy) is 1. The fourth-order valence-electron chi connectivity index (χ4n) is 0.539. The smallest absolute Gasteiger partial charge is 0.398 e. The molecular formula is C5H3F3N2O2S. The van der Waals surface area contributed by atoms with Gasteiger partial charge in [-0.25, -0.2) is 4.79 Å². The van der Waals surface area contributed by atoms with E-state index in [1.807, 2.05) is 0 Å². The Morgan fingerprint density at radius 2 is 2.23 bits per heavy atom. The molecule has 2 N–H and O–H groups in total. The van der Waals surface area contributed by atoms with Crippen LogP contribution in [-0.4, -0.2) is 10.5 Å². The molecule has 4 nitrogen and oxygen atoms in total. The fraction of sp³-hybridized carbons (Fsp3) is 0.200. The van der Waals surface area contributed by atoms with E-state index in [0.29, 0.717) is 17.6 Å². The first-order valence-electron chi connectivity index (χ1n) is 2.91. The van der Waals surface area contributed by atoms with Crippen molar-refractivity contribution in [3.63, 3.8) is 0 Å². The zero-order valence-corrected chi connectivity index (χ0v) is 6.78. The van der Waals surface area contributed by atoms with Gasteiger partial charge in [-0.05, 0) is 0 Å². The van der Waals surface area contributed by atoms with Gasteiger partial charge in [0.25, 0.3) is 0 Å². The summed E-state index contributed by atoms with van der Waals surface area (Å²) in [7, 11) is 0. The predicted molar refractivity (Wildman–Crippen MR) is 37.3 cm³/mol. The number of hydrogen-bond acceptors (Lipinski definition) is 4. The Kier molecular flexibility index (Phi) is 2.41. The fourth-order valence-corrected chi connectivity index (χ4v) is 1.17. The maximum Gasteiger partial charge on any atom is 0.434 e. The minimum absolute atomic E-state index is 0.278. The molecule has 0 aliphatic heterocycles. The van der Waals surface area contributed by atoms with E-state index in [2.05, 4.69) is 14.8 Å². The van der Waals surface area contributed by atoms with E-state index in [4.69, 9.17) is 0 Å². The molecule has 0 aliphatic carbocycles. The summed E-state index contributed by atoms with van der Waals surface area (Å²) in [6.45, 7) is 0. The summed E-state index contributed by atoms with van der Waals surface area (Å²) in [5, 5.41) is -0.278. The summed E-state index contributed by atoms with van der Waals surface area (Å²) in [5.74, 6) is 0. The van der Waals surface area contributed by atoms with Gasteiger partial charge < -0.3 is 10.5 Å². The Hall–Kier alpha value is -1.31. The number of amides is 1. The lowest BCUT2D eigenvalue weighted by atomic mass is 10.4. The molecule has 1 amide bonds. The van der Waals surface area contributed by atoms with Crippen LogP contribution in [0.15, 0.2) is 6.07 Å². The molecule has 0 saturated heterocycles. The van der Waals surface area contributed by atoms with Gasteiger partial charge in [-0.3, -0.25) is 0 Å². The molecular weight excluding hydrogens is 209 g/mol. The third kappa shape index (κ3) is 2.58. The largest absolute Gasteiger partial charge is 0.434 e. The molecule has 1 aromatic rings. The third-order valence-corrected chi connectivity index (χ3v) is 1.65. The highest BCUT2D eigenvalue weighted by molar-refractivity contribution is 7.07. The summed E-state index contributed by atoms with van der Waals surface area (Å²) in [6, 6.07) is 0.607.